The molecule has 2 aromatic carbocycles. The molecule has 56 heavy (non-hydrogen) atoms. The molecule has 4 N–H and O–H groups in total. The minimum Gasteiger partial charge on any atom is -0.464 e. The van der Waals surface area contributed by atoms with E-state index in [1.165, 1.54) is 57.9 Å². The van der Waals surface area contributed by atoms with Gasteiger partial charge in [-0.1, -0.05) is 48.5 Å². The number of nitrogens with one attached hydrogen (secondary N) is 4. The molecule has 10 nitrogen and oxygen atoms in total. The standard InChI is InChI=1S/C46H66N6O4/c1-2-56-44(53)39(50-46(55)49-34-20-16-32(17-21-34)27-30-52-42-24-25-43(52)38-12-6-5-11-37(38)42)13-7-8-28-47-45(54)48-33-18-14-31(15-19-33)26-29-51-40-22-23-41(51)36-10-4-3-9-35(36)40/h3-6,9-12,31-34,39-43H,2,7-8,13-30H2,1H3,(H2,47,48,54)(H2,49,50,55). The summed E-state index contributed by atoms with van der Waals surface area (Å²) in [4.78, 5) is 44.0. The van der Waals surface area contributed by atoms with Gasteiger partial charge in [-0.25, -0.2) is 14.4 Å². The van der Waals surface area contributed by atoms with Crippen molar-refractivity contribution in [2.75, 3.05) is 26.2 Å². The number of benzene rings is 2. The van der Waals surface area contributed by atoms with Crippen molar-refractivity contribution in [3.05, 3.63) is 70.8 Å². The summed E-state index contributed by atoms with van der Waals surface area (Å²) in [6, 6.07) is 19.7. The van der Waals surface area contributed by atoms with Crippen molar-refractivity contribution in [3.63, 3.8) is 0 Å². The van der Waals surface area contributed by atoms with E-state index in [9.17, 15) is 14.4 Å². The van der Waals surface area contributed by atoms with Crippen molar-refractivity contribution < 1.29 is 19.1 Å². The van der Waals surface area contributed by atoms with E-state index in [-0.39, 0.29) is 30.8 Å². The number of amides is 4. The predicted octanol–water partition coefficient (Wildman–Crippen LogP) is 8.37. The monoisotopic (exact) mass is 767 g/mol. The molecule has 5 unspecified atom stereocenters. The first kappa shape index (κ1) is 39.2. The van der Waals surface area contributed by atoms with E-state index in [4.69, 9.17) is 4.74 Å². The number of urea groups is 2. The average molecular weight is 767 g/mol. The van der Waals surface area contributed by atoms with E-state index in [0.29, 0.717) is 49.5 Å². The number of rotatable bonds is 16. The molecule has 2 saturated carbocycles. The van der Waals surface area contributed by atoms with E-state index >= 15 is 0 Å². The molecule has 2 saturated heterocycles. The van der Waals surface area contributed by atoms with Crippen molar-refractivity contribution in [1.82, 2.24) is 31.1 Å². The molecule has 2 aliphatic carbocycles. The first-order chi connectivity index (χ1) is 27.4. The zero-order chi connectivity index (χ0) is 38.4. The number of fused-ring (bicyclic) bond motifs is 10. The van der Waals surface area contributed by atoms with E-state index in [1.54, 1.807) is 29.2 Å². The maximum absolute atomic E-state index is 13.0. The van der Waals surface area contributed by atoms with Crippen LogP contribution in [-0.4, -0.2) is 72.2 Å². The summed E-state index contributed by atoms with van der Waals surface area (Å²) in [6.07, 6.45) is 18.1. The van der Waals surface area contributed by atoms with Gasteiger partial charge in [-0.05, 0) is 163 Å². The highest BCUT2D eigenvalue weighted by atomic mass is 16.5. The second kappa shape index (κ2) is 18.3. The largest absolute Gasteiger partial charge is 0.464 e. The summed E-state index contributed by atoms with van der Waals surface area (Å²) >= 11 is 0. The predicted molar refractivity (Wildman–Crippen MR) is 219 cm³/mol. The van der Waals surface area contributed by atoms with Gasteiger partial charge < -0.3 is 26.0 Å². The molecule has 2 aromatic rings. The Morgan fingerprint density at radius 3 is 1.52 bits per heavy atom. The van der Waals surface area contributed by atoms with Crippen LogP contribution in [0.25, 0.3) is 0 Å². The number of ether oxygens (including phenoxy) is 1. The van der Waals surface area contributed by atoms with Gasteiger partial charge in [-0.2, -0.15) is 0 Å². The van der Waals surface area contributed by atoms with Gasteiger partial charge in [0.15, 0.2) is 0 Å². The zero-order valence-electron chi connectivity index (χ0n) is 33.7. The van der Waals surface area contributed by atoms with Gasteiger partial charge >= 0.3 is 18.0 Å². The molecule has 6 aliphatic rings. The van der Waals surface area contributed by atoms with Gasteiger partial charge in [0.1, 0.15) is 6.04 Å². The highest BCUT2D eigenvalue weighted by Crippen LogP contribution is 2.54. The third kappa shape index (κ3) is 8.91. The molecule has 0 spiro atoms. The first-order valence-electron chi connectivity index (χ1n) is 22.4. The van der Waals surface area contributed by atoms with Crippen molar-refractivity contribution in [2.24, 2.45) is 11.8 Å². The molecule has 8 rings (SSSR count). The van der Waals surface area contributed by atoms with E-state index in [0.717, 1.165) is 57.4 Å². The smallest absolute Gasteiger partial charge is 0.328 e. The number of unbranched alkanes of at least 4 members (excludes halogenated alkanes) is 1. The van der Waals surface area contributed by atoms with Crippen LogP contribution in [0.3, 0.4) is 0 Å². The van der Waals surface area contributed by atoms with Crippen LogP contribution >= 0.6 is 0 Å². The summed E-state index contributed by atoms with van der Waals surface area (Å²) in [6.45, 7) is 4.92. The quantitative estimate of drug-likeness (QED) is 0.101. The number of esters is 1. The van der Waals surface area contributed by atoms with Gasteiger partial charge in [-0.3, -0.25) is 9.80 Å². The normalized spacial score (nSPS) is 29.7. The van der Waals surface area contributed by atoms with Gasteiger partial charge in [-0.15, -0.1) is 0 Å². The number of carbonyl (C=O) groups excluding carboxylic acids is 3. The molecule has 0 radical (unpaired) electrons. The molecule has 4 bridgehead atoms. The molecule has 4 fully saturated rings. The fraction of sp³-hybridized carbons (Fsp3) is 0.674. The summed E-state index contributed by atoms with van der Waals surface area (Å²) in [5, 5.41) is 12.3. The lowest BCUT2D eigenvalue weighted by Gasteiger charge is -2.31. The van der Waals surface area contributed by atoms with E-state index in [2.05, 4.69) is 79.6 Å². The maximum Gasteiger partial charge on any atom is 0.328 e. The summed E-state index contributed by atoms with van der Waals surface area (Å²) in [7, 11) is 0. The van der Waals surface area contributed by atoms with Gasteiger partial charge in [0.05, 0.1) is 6.61 Å². The Bertz CT molecular complexity index is 1590. The van der Waals surface area contributed by atoms with Crippen molar-refractivity contribution >= 4 is 18.0 Å². The molecule has 304 valence electrons. The van der Waals surface area contributed by atoms with Crippen LogP contribution in [0, 0.1) is 11.8 Å². The molecule has 4 heterocycles. The number of nitrogens with zero attached hydrogens (tertiary/aromatic N) is 2. The fourth-order valence-corrected chi connectivity index (χ4v) is 11.6. The molecule has 10 heteroatoms. The van der Waals surface area contributed by atoms with Crippen LogP contribution in [-0.2, 0) is 9.53 Å². The number of hydrogen-bond acceptors (Lipinski definition) is 6. The van der Waals surface area contributed by atoms with Gasteiger partial charge in [0.2, 0.25) is 0 Å². The topological polar surface area (TPSA) is 115 Å². The summed E-state index contributed by atoms with van der Waals surface area (Å²) in [5.74, 6) is 1.03. The SMILES string of the molecule is CCOC(=O)C(CCCCNC(=O)NC1CCC(CCN2C3CCC2c2ccccc23)CC1)NC(=O)NC1CCC(CCN2C3CCC2c2ccccc23)CC1. The third-order valence-electron chi connectivity index (χ3n) is 14.5. The van der Waals surface area contributed by atoms with Crippen LogP contribution in [0.5, 0.6) is 0 Å². The van der Waals surface area contributed by atoms with E-state index in [1.807, 2.05) is 0 Å². The van der Waals surface area contributed by atoms with Crippen molar-refractivity contribution in [3.8, 4) is 0 Å². The third-order valence-corrected chi connectivity index (χ3v) is 14.5. The Kier molecular flexibility index (Phi) is 12.8. The summed E-state index contributed by atoms with van der Waals surface area (Å²) < 4.78 is 5.30. The molecule has 4 aliphatic heterocycles. The lowest BCUT2D eigenvalue weighted by atomic mass is 9.84. The Balaban J connectivity index is 0.676. The second-order valence-corrected chi connectivity index (χ2v) is 17.8. The fourth-order valence-electron chi connectivity index (χ4n) is 11.6. The molecule has 4 amide bonds. The Morgan fingerprint density at radius 2 is 1.07 bits per heavy atom. The highest BCUT2D eigenvalue weighted by Gasteiger charge is 2.44. The number of carbonyl (C=O) groups is 3. The minimum absolute atomic E-state index is 0.109. The summed E-state index contributed by atoms with van der Waals surface area (Å²) in [5.41, 5.74) is 6.22. The lowest BCUT2D eigenvalue weighted by Crippen LogP contribution is -2.50. The van der Waals surface area contributed by atoms with Crippen LogP contribution < -0.4 is 21.3 Å². The molecular weight excluding hydrogens is 701 g/mol. The minimum atomic E-state index is -0.703. The highest BCUT2D eigenvalue weighted by molar-refractivity contribution is 5.83. The Labute approximate surface area is 334 Å². The zero-order valence-corrected chi connectivity index (χ0v) is 33.7. The Hall–Kier alpha value is -3.63. The maximum atomic E-state index is 13.0. The van der Waals surface area contributed by atoms with Crippen molar-refractivity contribution in [2.45, 2.75) is 158 Å². The van der Waals surface area contributed by atoms with E-state index < -0.39 is 12.0 Å². The first-order valence-corrected chi connectivity index (χ1v) is 22.4. The van der Waals surface area contributed by atoms with Gasteiger partial charge in [0.25, 0.3) is 0 Å². The lowest BCUT2D eigenvalue weighted by molar-refractivity contribution is -0.145. The second-order valence-electron chi connectivity index (χ2n) is 17.8. The molecule has 0 aromatic heterocycles. The van der Waals surface area contributed by atoms with Crippen LogP contribution in [0.4, 0.5) is 9.59 Å². The van der Waals surface area contributed by atoms with Crippen LogP contribution in [0.2, 0.25) is 0 Å². The van der Waals surface area contributed by atoms with Crippen molar-refractivity contribution in [1.29, 1.82) is 0 Å². The Morgan fingerprint density at radius 1 is 0.625 bits per heavy atom. The van der Waals surface area contributed by atoms with Crippen LogP contribution in [0.15, 0.2) is 48.5 Å². The average Bonchev–Trinajstić information content (AvgIpc) is 3.98. The molecule has 5 atom stereocenters. The number of hydrogen-bond donors (Lipinski definition) is 4. The van der Waals surface area contributed by atoms with Gasteiger partial charge in [0, 0.05) is 42.8 Å². The van der Waals surface area contributed by atoms with Crippen LogP contribution in [0.1, 0.15) is 162 Å². The molecular formula is C46H66N6O4.